The number of aryl methyl sites for hydroxylation is 3. The lowest BCUT2D eigenvalue weighted by molar-refractivity contribution is 0.102. The van der Waals surface area contributed by atoms with Gasteiger partial charge in [-0.25, -0.2) is 0 Å². The molecule has 0 spiro atoms. The lowest BCUT2D eigenvalue weighted by atomic mass is 10.0. The number of nitrogens with zero attached hydrogens (tertiary/aromatic N) is 1. The van der Waals surface area contributed by atoms with Crippen LogP contribution in [0.5, 0.6) is 0 Å². The van der Waals surface area contributed by atoms with Crippen molar-refractivity contribution in [2.75, 3.05) is 23.3 Å². The van der Waals surface area contributed by atoms with E-state index in [2.05, 4.69) is 53.0 Å². The molecule has 1 aliphatic rings. The molecule has 1 fully saturated rings. The van der Waals surface area contributed by atoms with E-state index in [-0.39, 0.29) is 5.91 Å². The molecule has 0 saturated carbocycles. The lowest BCUT2D eigenvalue weighted by Crippen LogP contribution is -2.22. The molecule has 2 aromatic rings. The average Bonchev–Trinajstić information content (AvgIpc) is 3.07. The third-order valence-electron chi connectivity index (χ3n) is 4.96. The van der Waals surface area contributed by atoms with Crippen LogP contribution in [0.1, 0.15) is 45.5 Å². The molecule has 1 saturated heterocycles. The van der Waals surface area contributed by atoms with Crippen molar-refractivity contribution in [3.8, 4) is 0 Å². The van der Waals surface area contributed by atoms with E-state index in [4.69, 9.17) is 0 Å². The molecule has 1 amide bonds. The fourth-order valence-corrected chi connectivity index (χ4v) is 4.22. The zero-order chi connectivity index (χ0) is 18.1. The number of hydrogen-bond acceptors (Lipinski definition) is 2. The SMILES string of the molecule is Cc1ccc(Br)c(C(=O)Nc2c(C)cc(C)c(N3CCCC3)c2C)c1. The lowest BCUT2D eigenvalue weighted by Gasteiger charge is -2.26. The molecule has 132 valence electrons. The van der Waals surface area contributed by atoms with Crippen LogP contribution >= 0.6 is 15.9 Å². The van der Waals surface area contributed by atoms with E-state index in [0.717, 1.165) is 39.9 Å². The number of benzene rings is 2. The molecule has 0 atom stereocenters. The largest absolute Gasteiger partial charge is 0.371 e. The minimum atomic E-state index is -0.0713. The zero-order valence-electron chi connectivity index (χ0n) is 15.4. The predicted octanol–water partition coefficient (Wildman–Crippen LogP) is 5.54. The maximum atomic E-state index is 12.9. The van der Waals surface area contributed by atoms with Crippen molar-refractivity contribution >= 4 is 33.2 Å². The van der Waals surface area contributed by atoms with Gasteiger partial charge in [0.05, 0.1) is 5.56 Å². The van der Waals surface area contributed by atoms with Gasteiger partial charge >= 0.3 is 0 Å². The number of rotatable bonds is 3. The predicted molar refractivity (Wildman–Crippen MR) is 109 cm³/mol. The number of hydrogen-bond donors (Lipinski definition) is 1. The minimum absolute atomic E-state index is 0.0713. The summed E-state index contributed by atoms with van der Waals surface area (Å²) in [6.07, 6.45) is 2.48. The van der Waals surface area contributed by atoms with Gasteiger partial charge in [-0.1, -0.05) is 17.7 Å². The van der Waals surface area contributed by atoms with E-state index in [1.807, 2.05) is 25.1 Å². The number of halogens is 1. The summed E-state index contributed by atoms with van der Waals surface area (Å²) in [5.74, 6) is -0.0713. The monoisotopic (exact) mass is 400 g/mol. The van der Waals surface area contributed by atoms with E-state index in [1.54, 1.807) is 0 Å². The van der Waals surface area contributed by atoms with Gasteiger partial charge in [0, 0.05) is 28.9 Å². The highest BCUT2D eigenvalue weighted by atomic mass is 79.9. The Morgan fingerprint density at radius 2 is 1.72 bits per heavy atom. The summed E-state index contributed by atoms with van der Waals surface area (Å²) in [7, 11) is 0. The van der Waals surface area contributed by atoms with Crippen LogP contribution in [0.3, 0.4) is 0 Å². The van der Waals surface area contributed by atoms with Gasteiger partial charge in [-0.15, -0.1) is 0 Å². The first kappa shape index (κ1) is 18.0. The maximum absolute atomic E-state index is 12.9. The number of anilines is 2. The molecule has 0 bridgehead atoms. The Morgan fingerprint density at radius 3 is 2.40 bits per heavy atom. The van der Waals surface area contributed by atoms with Crippen LogP contribution in [0, 0.1) is 27.7 Å². The van der Waals surface area contributed by atoms with E-state index in [0.29, 0.717) is 5.56 Å². The summed E-state index contributed by atoms with van der Waals surface area (Å²) >= 11 is 3.49. The van der Waals surface area contributed by atoms with Crippen molar-refractivity contribution in [2.24, 2.45) is 0 Å². The van der Waals surface area contributed by atoms with E-state index >= 15 is 0 Å². The topological polar surface area (TPSA) is 32.3 Å². The first-order valence-corrected chi connectivity index (χ1v) is 9.61. The van der Waals surface area contributed by atoms with Crippen molar-refractivity contribution < 1.29 is 4.79 Å². The van der Waals surface area contributed by atoms with Gasteiger partial charge in [0.1, 0.15) is 0 Å². The quantitative estimate of drug-likeness (QED) is 0.733. The van der Waals surface area contributed by atoms with E-state index in [1.165, 1.54) is 24.1 Å². The van der Waals surface area contributed by atoms with Crippen LogP contribution in [-0.4, -0.2) is 19.0 Å². The molecule has 0 aliphatic carbocycles. The van der Waals surface area contributed by atoms with Crippen molar-refractivity contribution in [3.05, 3.63) is 56.6 Å². The third-order valence-corrected chi connectivity index (χ3v) is 5.65. The average molecular weight is 401 g/mol. The van der Waals surface area contributed by atoms with Crippen molar-refractivity contribution in [1.29, 1.82) is 0 Å². The maximum Gasteiger partial charge on any atom is 0.256 e. The Balaban J connectivity index is 1.98. The Labute approximate surface area is 158 Å². The summed E-state index contributed by atoms with van der Waals surface area (Å²) < 4.78 is 0.817. The summed E-state index contributed by atoms with van der Waals surface area (Å²) in [6.45, 7) is 10.5. The van der Waals surface area contributed by atoms with Crippen LogP contribution in [0.4, 0.5) is 11.4 Å². The van der Waals surface area contributed by atoms with Crippen LogP contribution in [0.25, 0.3) is 0 Å². The molecule has 1 N–H and O–H groups in total. The van der Waals surface area contributed by atoms with Crippen molar-refractivity contribution in [1.82, 2.24) is 0 Å². The summed E-state index contributed by atoms with van der Waals surface area (Å²) in [6, 6.07) is 8.02. The molecule has 0 radical (unpaired) electrons. The molecule has 1 heterocycles. The normalized spacial score (nSPS) is 14.0. The number of amides is 1. The fourth-order valence-electron chi connectivity index (χ4n) is 3.79. The molecular weight excluding hydrogens is 376 g/mol. The van der Waals surface area contributed by atoms with Crippen LogP contribution in [0.2, 0.25) is 0 Å². The first-order valence-electron chi connectivity index (χ1n) is 8.81. The van der Waals surface area contributed by atoms with Gasteiger partial charge in [0.15, 0.2) is 0 Å². The standard InChI is InChI=1S/C21H25BrN2O/c1-13-7-8-18(22)17(11-13)21(25)23-19-14(2)12-15(3)20(16(19)4)24-9-5-6-10-24/h7-8,11-12H,5-6,9-10H2,1-4H3,(H,23,25). The Morgan fingerprint density at radius 1 is 1.04 bits per heavy atom. The number of carbonyl (C=O) groups is 1. The third kappa shape index (κ3) is 3.59. The summed E-state index contributed by atoms with van der Waals surface area (Å²) in [5.41, 5.74) is 7.51. The van der Waals surface area contributed by atoms with Gasteiger partial charge in [-0.2, -0.15) is 0 Å². The highest BCUT2D eigenvalue weighted by molar-refractivity contribution is 9.10. The second-order valence-corrected chi connectivity index (χ2v) is 7.84. The van der Waals surface area contributed by atoms with E-state index in [9.17, 15) is 4.79 Å². The highest BCUT2D eigenvalue weighted by Gasteiger charge is 2.21. The number of nitrogens with one attached hydrogen (secondary N) is 1. The minimum Gasteiger partial charge on any atom is -0.371 e. The second-order valence-electron chi connectivity index (χ2n) is 6.99. The second kappa shape index (κ2) is 7.20. The fraction of sp³-hybridized carbons (Fsp3) is 0.381. The van der Waals surface area contributed by atoms with Gasteiger partial charge in [0.25, 0.3) is 5.91 Å². The smallest absolute Gasteiger partial charge is 0.256 e. The van der Waals surface area contributed by atoms with Gasteiger partial charge in [-0.05, 0) is 85.3 Å². The Kier molecular flexibility index (Phi) is 5.19. The Bertz CT molecular complexity index is 823. The molecule has 2 aromatic carbocycles. The molecule has 3 nitrogen and oxygen atoms in total. The van der Waals surface area contributed by atoms with Gasteiger partial charge in [0.2, 0.25) is 0 Å². The molecule has 1 aliphatic heterocycles. The van der Waals surface area contributed by atoms with Gasteiger partial charge < -0.3 is 10.2 Å². The van der Waals surface area contributed by atoms with Crippen LogP contribution in [-0.2, 0) is 0 Å². The van der Waals surface area contributed by atoms with Crippen LogP contribution in [0.15, 0.2) is 28.7 Å². The van der Waals surface area contributed by atoms with E-state index < -0.39 is 0 Å². The highest BCUT2D eigenvalue weighted by Crippen LogP contribution is 2.35. The Hall–Kier alpha value is -1.81. The molecular formula is C21H25BrN2O. The molecule has 4 heteroatoms. The zero-order valence-corrected chi connectivity index (χ0v) is 17.0. The number of carbonyl (C=O) groups excluding carboxylic acids is 1. The van der Waals surface area contributed by atoms with Gasteiger partial charge in [-0.3, -0.25) is 4.79 Å². The van der Waals surface area contributed by atoms with Crippen molar-refractivity contribution in [3.63, 3.8) is 0 Å². The molecule has 25 heavy (non-hydrogen) atoms. The van der Waals surface area contributed by atoms with Crippen molar-refractivity contribution in [2.45, 2.75) is 40.5 Å². The molecule has 3 rings (SSSR count). The summed E-state index contributed by atoms with van der Waals surface area (Å²) in [5, 5.41) is 3.16. The van der Waals surface area contributed by atoms with Crippen LogP contribution < -0.4 is 10.2 Å². The molecule has 0 unspecified atom stereocenters. The summed E-state index contributed by atoms with van der Waals surface area (Å²) in [4.78, 5) is 15.3. The first-order chi connectivity index (χ1) is 11.9. The molecule has 0 aromatic heterocycles.